The van der Waals surface area contributed by atoms with Gasteiger partial charge in [0.1, 0.15) is 12.6 Å². The molecular weight excluding hydrogens is 1300 g/mol. The third-order valence-corrected chi connectivity index (χ3v) is 21.6. The lowest BCUT2D eigenvalue weighted by atomic mass is 9.32. The summed E-state index contributed by atoms with van der Waals surface area (Å²) in [4.78, 5) is 39.6. The molecule has 12 rings (SSSR count). The third-order valence-electron chi connectivity index (χ3n) is 20.3. The van der Waals surface area contributed by atoms with E-state index in [1.807, 2.05) is 86.0 Å². The fourth-order valence-electron chi connectivity index (χ4n) is 16.4. The van der Waals surface area contributed by atoms with Gasteiger partial charge in [-0.3, -0.25) is 29.5 Å². The van der Waals surface area contributed by atoms with Crippen LogP contribution in [0.5, 0.6) is 0 Å². The van der Waals surface area contributed by atoms with Gasteiger partial charge in [0, 0.05) is 87.4 Å². The van der Waals surface area contributed by atoms with Crippen LogP contribution in [0, 0.1) is 125 Å². The molecule has 0 fully saturated rings. The topological polar surface area (TPSA) is 126 Å². The Kier molecular flexibility index (Phi) is 24.1. The van der Waals surface area contributed by atoms with Crippen molar-refractivity contribution < 1.29 is 19.6 Å². The fraction of sp³-hybridized carbons (Fsp3) is 0.213. The van der Waals surface area contributed by atoms with Crippen LogP contribution < -0.4 is 38.2 Å². The van der Waals surface area contributed by atoms with Gasteiger partial charge in [-0.25, -0.2) is 0 Å². The van der Waals surface area contributed by atoms with E-state index in [2.05, 4.69) is 233 Å². The molecule has 0 amide bonds. The molecule has 0 bridgehead atoms. The maximum absolute atomic E-state index is 11.5. The number of carbonyl (C=O) groups is 2. The molecule has 508 valence electrons. The summed E-state index contributed by atoms with van der Waals surface area (Å²) in [5, 5.41) is 17.3. The molecule has 0 saturated heterocycles. The molecule has 12 heteroatoms. The highest BCUT2D eigenvalue weighted by Crippen LogP contribution is 2.35. The summed E-state index contributed by atoms with van der Waals surface area (Å²) in [6.07, 6.45) is 16.9. The lowest BCUT2D eigenvalue weighted by Crippen LogP contribution is -2.58. The van der Waals surface area contributed by atoms with Crippen molar-refractivity contribution in [1.82, 2.24) is 19.9 Å². The quantitative estimate of drug-likeness (QED) is 0.0814. The van der Waals surface area contributed by atoms with Crippen LogP contribution in [0.2, 0.25) is 0 Å². The van der Waals surface area contributed by atoms with Crippen LogP contribution in [0.1, 0.15) is 128 Å². The molecule has 0 aliphatic carbocycles. The molecular formula is C89H92B3BrN4O4. The Morgan fingerprint density at radius 3 is 0.782 bits per heavy atom. The molecule has 101 heavy (non-hydrogen) atoms. The molecule has 4 heterocycles. The van der Waals surface area contributed by atoms with Crippen LogP contribution in [0.15, 0.2) is 188 Å². The molecule has 0 radical (unpaired) electrons. The number of nitrogens with zero attached hydrogens (tertiary/aromatic N) is 4. The maximum atomic E-state index is 11.5. The molecule has 0 unspecified atom stereocenters. The summed E-state index contributed by atoms with van der Waals surface area (Å²) in [5.74, 6) is 0. The van der Waals surface area contributed by atoms with Gasteiger partial charge >= 0.3 is 7.12 Å². The lowest BCUT2D eigenvalue weighted by Gasteiger charge is -2.31. The number of aromatic nitrogens is 4. The monoisotopic (exact) mass is 1390 g/mol. The SMILES string of the molecule is C.Cc1cc(C)c(-c2ccc(C=O)cc2)c(C)c1B(c1c(C)cc(C)c(-c2cccnc2)c1C)c1c(C)cc(C)c(-c2cccnc2)c1C.Cc1cc(C)c(B(c2c(C)cc(C)c(-c3cccnc3)c2C)c2c(C)cc(C)c(-c3cccnc3)c2C)c(C)c1Br.O=Cc1ccc(B(O)O)cc1. The van der Waals surface area contributed by atoms with E-state index in [1.165, 1.54) is 189 Å². The van der Waals surface area contributed by atoms with Crippen molar-refractivity contribution >= 4 is 87.3 Å². The number of carbonyl (C=O) groups excluding carboxylic acids is 2. The molecule has 4 aromatic heterocycles. The molecule has 12 aromatic rings. The summed E-state index contributed by atoms with van der Waals surface area (Å²) in [6.45, 7) is 40.7. The first kappa shape index (κ1) is 75.5. The zero-order valence-electron chi connectivity index (χ0n) is 61.1. The van der Waals surface area contributed by atoms with Crippen molar-refractivity contribution in [3.8, 4) is 55.6 Å². The van der Waals surface area contributed by atoms with Gasteiger partial charge < -0.3 is 10.0 Å². The normalized spacial score (nSPS) is 10.8. The Labute approximate surface area is 609 Å². The molecule has 0 saturated carbocycles. The summed E-state index contributed by atoms with van der Waals surface area (Å²) in [6, 6.07) is 45.0. The minimum Gasteiger partial charge on any atom is -0.423 e. The average Bonchev–Trinajstić information content (AvgIpc) is 0.738. The molecule has 8 aromatic carbocycles. The van der Waals surface area contributed by atoms with Crippen molar-refractivity contribution in [2.45, 2.75) is 132 Å². The van der Waals surface area contributed by atoms with Crippen molar-refractivity contribution in [3.63, 3.8) is 0 Å². The van der Waals surface area contributed by atoms with Gasteiger partial charge in [0.25, 0.3) is 0 Å². The van der Waals surface area contributed by atoms with E-state index < -0.39 is 7.12 Å². The third kappa shape index (κ3) is 15.3. The lowest BCUT2D eigenvalue weighted by molar-refractivity contribution is 0.111. The van der Waals surface area contributed by atoms with Gasteiger partial charge in [-0.05, 0) is 254 Å². The standard InChI is InChI=1S/C44H43BN2O.C37H38BBrN2.C7H7BO3.CH4/c1-26-20-29(4)42(32(7)39(26)36-16-14-35(25-48)15-17-36)45(43-30(5)21-27(2)40(33(43)8)37-12-10-18-46-23-37)44-31(6)22-28(3)41(34(44)9)38-13-11-19-47-24-38;1-21-16-23(3)34(27(7)32(21)30-12-10-14-40-19-30)38(36-25(5)18-26(6)37(39)29(36)9)35-24(4)17-22(2)33(28(35)8)31-13-11-15-41-20-31;9-5-6-1-3-7(4-2-6)8(10)11;/h10-25H,1-9H3;10-20H,1-9H3;1-5,10-11H;1H4. The summed E-state index contributed by atoms with van der Waals surface area (Å²) < 4.78 is 1.19. The van der Waals surface area contributed by atoms with Crippen molar-refractivity contribution in [1.29, 1.82) is 0 Å². The Morgan fingerprint density at radius 2 is 0.545 bits per heavy atom. The number of aryl methyl sites for hydroxylation is 12. The predicted molar refractivity (Wildman–Crippen MR) is 433 cm³/mol. The van der Waals surface area contributed by atoms with Gasteiger partial charge in [-0.1, -0.05) is 199 Å². The summed E-state index contributed by atoms with van der Waals surface area (Å²) in [7, 11) is -1.46. The Balaban J connectivity index is 0.000000204. The Hall–Kier alpha value is -9.71. The number of hydrogen-bond donors (Lipinski definition) is 2. The highest BCUT2D eigenvalue weighted by Gasteiger charge is 2.36. The molecule has 0 spiro atoms. The second-order valence-corrected chi connectivity index (χ2v) is 28.0. The number of rotatable bonds is 14. The molecule has 0 atom stereocenters. The van der Waals surface area contributed by atoms with Gasteiger partial charge in [-0.15, -0.1) is 0 Å². The van der Waals surface area contributed by atoms with E-state index in [1.54, 1.807) is 0 Å². The van der Waals surface area contributed by atoms with E-state index in [-0.39, 0.29) is 20.9 Å². The van der Waals surface area contributed by atoms with Crippen LogP contribution >= 0.6 is 15.9 Å². The van der Waals surface area contributed by atoms with Gasteiger partial charge in [-0.2, -0.15) is 0 Å². The van der Waals surface area contributed by atoms with Gasteiger partial charge in [0.05, 0.1) is 0 Å². The van der Waals surface area contributed by atoms with Crippen LogP contribution in [0.3, 0.4) is 0 Å². The van der Waals surface area contributed by atoms with Crippen molar-refractivity contribution in [2.24, 2.45) is 0 Å². The van der Waals surface area contributed by atoms with E-state index >= 15 is 0 Å². The molecule has 8 nitrogen and oxygen atoms in total. The highest BCUT2D eigenvalue weighted by molar-refractivity contribution is 9.10. The zero-order chi connectivity index (χ0) is 72.1. The van der Waals surface area contributed by atoms with Crippen LogP contribution in [0.4, 0.5) is 0 Å². The van der Waals surface area contributed by atoms with Crippen LogP contribution in [0.25, 0.3) is 55.6 Å². The number of aldehydes is 2. The smallest absolute Gasteiger partial charge is 0.423 e. The van der Waals surface area contributed by atoms with Crippen LogP contribution in [-0.2, 0) is 0 Å². The number of halogens is 1. The Morgan fingerprint density at radius 1 is 0.307 bits per heavy atom. The van der Waals surface area contributed by atoms with Gasteiger partial charge in [0.2, 0.25) is 13.4 Å². The number of hydrogen-bond acceptors (Lipinski definition) is 8. The molecule has 2 N–H and O–H groups in total. The molecule has 0 aliphatic rings. The summed E-state index contributed by atoms with van der Waals surface area (Å²) in [5.41, 5.74) is 44.8. The van der Waals surface area contributed by atoms with E-state index in [9.17, 15) is 9.59 Å². The highest BCUT2D eigenvalue weighted by atomic mass is 79.9. The summed E-state index contributed by atoms with van der Waals surface area (Å²) >= 11 is 3.96. The second kappa shape index (κ2) is 32.3. The first-order valence-electron chi connectivity index (χ1n) is 34.2. The van der Waals surface area contributed by atoms with E-state index in [4.69, 9.17) is 10.0 Å². The first-order valence-corrected chi connectivity index (χ1v) is 35.0. The number of pyridine rings is 4. The zero-order valence-corrected chi connectivity index (χ0v) is 62.7. The van der Waals surface area contributed by atoms with Crippen molar-refractivity contribution in [3.05, 3.63) is 299 Å². The first-order chi connectivity index (χ1) is 47.8. The average molecular weight is 1390 g/mol. The minimum atomic E-state index is -1.46. The van der Waals surface area contributed by atoms with Gasteiger partial charge in [0.15, 0.2) is 0 Å². The van der Waals surface area contributed by atoms with E-state index in [0.717, 1.165) is 34.1 Å². The van der Waals surface area contributed by atoms with E-state index in [0.29, 0.717) is 22.9 Å². The van der Waals surface area contributed by atoms with Crippen molar-refractivity contribution in [2.75, 3.05) is 0 Å². The second-order valence-electron chi connectivity index (χ2n) is 27.2. The maximum Gasteiger partial charge on any atom is 0.488 e. The largest absolute Gasteiger partial charge is 0.488 e. The Bertz CT molecular complexity index is 4840. The molecule has 0 aliphatic heterocycles. The number of benzene rings is 8. The van der Waals surface area contributed by atoms with Crippen LogP contribution in [-0.4, -0.2) is 63.1 Å². The minimum absolute atomic E-state index is 0. The fourth-order valence-corrected chi connectivity index (χ4v) is 16.8. The predicted octanol–water partition coefficient (Wildman–Crippen LogP) is 16.3.